The Morgan fingerprint density at radius 3 is 2.42 bits per heavy atom. The van der Waals surface area contributed by atoms with Crippen molar-refractivity contribution in [2.45, 2.75) is 26.8 Å². The Hall–Kier alpha value is -2.37. The molecular formula is C20H20ClN3OS. The van der Waals surface area contributed by atoms with Crippen LogP contribution in [0.25, 0.3) is 0 Å². The van der Waals surface area contributed by atoms with Crippen LogP contribution in [0.4, 0.5) is 5.69 Å². The van der Waals surface area contributed by atoms with Gasteiger partial charge < -0.3 is 16.0 Å². The molecule has 1 heterocycles. The van der Waals surface area contributed by atoms with Gasteiger partial charge in [0.1, 0.15) is 0 Å². The normalized spacial score (nSPS) is 16.8. The third kappa shape index (κ3) is 3.89. The first-order valence-electron chi connectivity index (χ1n) is 8.27. The quantitative estimate of drug-likeness (QED) is 0.686. The number of aryl methyl sites for hydroxylation is 2. The van der Waals surface area contributed by atoms with Gasteiger partial charge in [-0.05, 0) is 73.9 Å². The van der Waals surface area contributed by atoms with Gasteiger partial charge in [-0.3, -0.25) is 4.79 Å². The van der Waals surface area contributed by atoms with Gasteiger partial charge in [0.25, 0.3) is 5.91 Å². The molecule has 0 unspecified atom stereocenters. The van der Waals surface area contributed by atoms with Crippen molar-refractivity contribution < 1.29 is 4.79 Å². The summed E-state index contributed by atoms with van der Waals surface area (Å²) in [4.78, 5) is 13.0. The Kier molecular flexibility index (Phi) is 5.30. The van der Waals surface area contributed by atoms with Crippen LogP contribution in [0.1, 0.15) is 29.7 Å². The maximum absolute atomic E-state index is 13.0. The summed E-state index contributed by atoms with van der Waals surface area (Å²) in [7, 11) is 0. The van der Waals surface area contributed by atoms with Crippen LogP contribution in [0.3, 0.4) is 0 Å². The van der Waals surface area contributed by atoms with Crippen LogP contribution in [0, 0.1) is 13.8 Å². The van der Waals surface area contributed by atoms with E-state index in [1.165, 1.54) is 5.56 Å². The first kappa shape index (κ1) is 18.4. The van der Waals surface area contributed by atoms with Crippen molar-refractivity contribution in [3.8, 4) is 0 Å². The van der Waals surface area contributed by atoms with Crippen LogP contribution < -0.4 is 16.0 Å². The summed E-state index contributed by atoms with van der Waals surface area (Å²) in [6.45, 7) is 5.92. The molecule has 1 aliphatic rings. The maximum Gasteiger partial charge on any atom is 0.255 e. The van der Waals surface area contributed by atoms with Crippen molar-refractivity contribution in [3.63, 3.8) is 0 Å². The molecule has 0 spiro atoms. The lowest BCUT2D eigenvalue weighted by Crippen LogP contribution is -2.45. The van der Waals surface area contributed by atoms with Crippen molar-refractivity contribution >= 4 is 40.5 Å². The minimum atomic E-state index is -0.340. The molecule has 0 aromatic heterocycles. The zero-order chi connectivity index (χ0) is 18.8. The summed E-state index contributed by atoms with van der Waals surface area (Å²) in [6, 6.07) is 12.9. The second-order valence-corrected chi connectivity index (χ2v) is 7.22. The molecule has 0 saturated carbocycles. The average Bonchev–Trinajstić information content (AvgIpc) is 2.58. The summed E-state index contributed by atoms with van der Waals surface area (Å²) in [5.41, 5.74) is 5.33. The van der Waals surface area contributed by atoms with Crippen molar-refractivity contribution in [1.82, 2.24) is 10.6 Å². The van der Waals surface area contributed by atoms with E-state index in [1.54, 1.807) is 12.1 Å². The molecule has 6 heteroatoms. The fraction of sp³-hybridized carbons (Fsp3) is 0.200. The monoisotopic (exact) mass is 385 g/mol. The highest BCUT2D eigenvalue weighted by atomic mass is 35.5. The van der Waals surface area contributed by atoms with Crippen LogP contribution >= 0.6 is 23.8 Å². The number of amides is 1. The van der Waals surface area contributed by atoms with E-state index in [2.05, 4.69) is 16.0 Å². The fourth-order valence-electron chi connectivity index (χ4n) is 2.92. The second kappa shape index (κ2) is 7.48. The predicted molar refractivity (Wildman–Crippen MR) is 110 cm³/mol. The molecule has 0 aliphatic carbocycles. The van der Waals surface area contributed by atoms with E-state index in [0.717, 1.165) is 22.5 Å². The van der Waals surface area contributed by atoms with Gasteiger partial charge in [0.15, 0.2) is 5.11 Å². The molecule has 0 fully saturated rings. The fourth-order valence-corrected chi connectivity index (χ4v) is 3.31. The first-order chi connectivity index (χ1) is 12.3. The zero-order valence-electron chi connectivity index (χ0n) is 14.8. The lowest BCUT2D eigenvalue weighted by Gasteiger charge is -2.30. The third-order valence-electron chi connectivity index (χ3n) is 4.48. The first-order valence-corrected chi connectivity index (χ1v) is 9.06. The molecule has 1 amide bonds. The summed E-state index contributed by atoms with van der Waals surface area (Å²) >= 11 is 11.3. The van der Waals surface area contributed by atoms with Gasteiger partial charge in [-0.1, -0.05) is 29.8 Å². The summed E-state index contributed by atoms with van der Waals surface area (Å²) in [5.74, 6) is -0.173. The van der Waals surface area contributed by atoms with Crippen molar-refractivity contribution in [2.75, 3.05) is 5.32 Å². The van der Waals surface area contributed by atoms with Gasteiger partial charge in [0.05, 0.1) is 11.6 Å². The van der Waals surface area contributed by atoms with E-state index in [-0.39, 0.29) is 11.9 Å². The highest BCUT2D eigenvalue weighted by Gasteiger charge is 2.29. The Labute approximate surface area is 163 Å². The molecule has 1 aliphatic heterocycles. The standard InChI is InChI=1S/C20H20ClN3OS/c1-11-4-9-16(10-12(11)2)23-19(25)17-13(3)22-20(26)24-18(17)14-5-7-15(21)8-6-14/h4-10,18H,1-3H3,(H,23,25)(H2,22,24,26)/t18-/m0/s1. The number of anilines is 1. The molecule has 0 bridgehead atoms. The van der Waals surface area contributed by atoms with Gasteiger partial charge in [-0.15, -0.1) is 0 Å². The van der Waals surface area contributed by atoms with Crippen molar-refractivity contribution in [1.29, 1.82) is 0 Å². The Bertz CT molecular complexity index is 906. The Morgan fingerprint density at radius 2 is 1.77 bits per heavy atom. The number of carbonyl (C=O) groups is 1. The number of thiocarbonyl (C=S) groups is 1. The summed E-state index contributed by atoms with van der Waals surface area (Å²) < 4.78 is 0. The van der Waals surface area contributed by atoms with E-state index in [9.17, 15) is 4.79 Å². The van der Waals surface area contributed by atoms with Crippen LogP contribution in [0.5, 0.6) is 0 Å². The molecule has 0 saturated heterocycles. The number of hydrogen-bond donors (Lipinski definition) is 3. The number of halogens is 1. The third-order valence-corrected chi connectivity index (χ3v) is 4.95. The molecule has 2 aromatic rings. The van der Waals surface area contributed by atoms with Crippen LogP contribution in [0.2, 0.25) is 5.02 Å². The van der Waals surface area contributed by atoms with E-state index < -0.39 is 0 Å². The largest absolute Gasteiger partial charge is 0.351 e. The molecule has 26 heavy (non-hydrogen) atoms. The lowest BCUT2D eigenvalue weighted by atomic mass is 9.95. The number of benzene rings is 2. The van der Waals surface area contributed by atoms with E-state index in [1.807, 2.05) is 51.1 Å². The molecule has 3 rings (SSSR count). The van der Waals surface area contributed by atoms with Crippen molar-refractivity contribution in [3.05, 3.63) is 75.4 Å². The van der Waals surface area contributed by atoms with Gasteiger partial charge in [-0.25, -0.2) is 0 Å². The average molecular weight is 386 g/mol. The molecule has 1 atom stereocenters. The Morgan fingerprint density at radius 1 is 1.08 bits per heavy atom. The minimum Gasteiger partial charge on any atom is -0.351 e. The number of carbonyl (C=O) groups excluding carboxylic acids is 1. The van der Waals surface area contributed by atoms with Gasteiger partial charge in [0, 0.05) is 16.4 Å². The molecule has 0 radical (unpaired) electrons. The van der Waals surface area contributed by atoms with Gasteiger partial charge >= 0.3 is 0 Å². The highest BCUT2D eigenvalue weighted by molar-refractivity contribution is 7.80. The van der Waals surface area contributed by atoms with Crippen LogP contribution in [-0.2, 0) is 4.79 Å². The zero-order valence-corrected chi connectivity index (χ0v) is 16.4. The molecule has 4 nitrogen and oxygen atoms in total. The second-order valence-electron chi connectivity index (χ2n) is 6.37. The summed E-state index contributed by atoms with van der Waals surface area (Å²) in [5, 5.41) is 10.3. The molecule has 134 valence electrons. The topological polar surface area (TPSA) is 53.2 Å². The van der Waals surface area contributed by atoms with Crippen LogP contribution in [0.15, 0.2) is 53.7 Å². The van der Waals surface area contributed by atoms with E-state index >= 15 is 0 Å². The smallest absolute Gasteiger partial charge is 0.255 e. The maximum atomic E-state index is 13.0. The molecular weight excluding hydrogens is 366 g/mol. The molecule has 2 aromatic carbocycles. The number of allylic oxidation sites excluding steroid dienone is 1. The number of hydrogen-bond acceptors (Lipinski definition) is 2. The van der Waals surface area contributed by atoms with E-state index in [4.69, 9.17) is 23.8 Å². The van der Waals surface area contributed by atoms with Gasteiger partial charge in [-0.2, -0.15) is 0 Å². The SMILES string of the molecule is CC1=C(C(=O)Nc2ccc(C)c(C)c2)[C@H](c2ccc(Cl)cc2)NC(=S)N1. The number of nitrogens with one attached hydrogen (secondary N) is 3. The minimum absolute atomic E-state index is 0.173. The number of rotatable bonds is 3. The highest BCUT2D eigenvalue weighted by Crippen LogP contribution is 2.29. The molecule has 3 N–H and O–H groups in total. The Balaban J connectivity index is 1.93. The van der Waals surface area contributed by atoms with Crippen molar-refractivity contribution in [2.24, 2.45) is 0 Å². The van der Waals surface area contributed by atoms with Gasteiger partial charge in [0.2, 0.25) is 0 Å². The van der Waals surface area contributed by atoms with E-state index in [0.29, 0.717) is 15.7 Å². The lowest BCUT2D eigenvalue weighted by molar-refractivity contribution is -0.113. The predicted octanol–water partition coefficient (Wildman–Crippen LogP) is 4.39. The van der Waals surface area contributed by atoms with Crippen LogP contribution in [-0.4, -0.2) is 11.0 Å². The summed E-state index contributed by atoms with van der Waals surface area (Å²) in [6.07, 6.45) is 0.